The Hall–Kier alpha value is -2.83. The molecule has 150 valence electrons. The first-order valence-corrected chi connectivity index (χ1v) is 9.54. The number of rotatable bonds is 6. The maximum Gasteiger partial charge on any atom is 0.339 e. The first-order valence-electron chi connectivity index (χ1n) is 9.54. The van der Waals surface area contributed by atoms with Gasteiger partial charge in [0.25, 0.3) is 5.91 Å². The van der Waals surface area contributed by atoms with E-state index in [4.69, 9.17) is 9.15 Å². The van der Waals surface area contributed by atoms with Crippen LogP contribution in [-0.2, 0) is 22.4 Å². The molecule has 1 aliphatic rings. The first-order chi connectivity index (χ1) is 13.3. The van der Waals surface area contributed by atoms with Gasteiger partial charge in [-0.15, -0.1) is 0 Å². The second-order valence-electron chi connectivity index (χ2n) is 7.52. The van der Waals surface area contributed by atoms with Gasteiger partial charge in [-0.25, -0.2) is 4.79 Å². The fourth-order valence-electron chi connectivity index (χ4n) is 3.53. The lowest BCUT2D eigenvalue weighted by Crippen LogP contribution is -2.53. The molecule has 1 heterocycles. The molecule has 0 spiro atoms. The highest BCUT2D eigenvalue weighted by Crippen LogP contribution is 2.29. The Morgan fingerprint density at radius 3 is 2.46 bits per heavy atom. The molecule has 2 atom stereocenters. The van der Waals surface area contributed by atoms with Gasteiger partial charge in [0.2, 0.25) is 0 Å². The van der Waals surface area contributed by atoms with Crippen molar-refractivity contribution >= 4 is 22.8 Å². The normalized spacial score (nSPS) is 15.7. The Kier molecular flexibility index (Phi) is 5.72. The SMILES string of the molecule is CC(C)[C@H](NC(=O)[C@@H](C)Oc1ccc2c3c(c(=O)oc2c1)CCCC3)C(=O)[O-]. The Morgan fingerprint density at radius 2 is 1.82 bits per heavy atom. The molecule has 1 N–H and O–H groups in total. The van der Waals surface area contributed by atoms with Gasteiger partial charge in [0.15, 0.2) is 6.10 Å². The summed E-state index contributed by atoms with van der Waals surface area (Å²) in [6, 6.07) is 4.05. The summed E-state index contributed by atoms with van der Waals surface area (Å²) in [6.07, 6.45) is 2.67. The average Bonchev–Trinajstić information content (AvgIpc) is 2.65. The molecule has 3 rings (SSSR count). The maximum absolute atomic E-state index is 12.3. The lowest BCUT2D eigenvalue weighted by Gasteiger charge is -2.25. The van der Waals surface area contributed by atoms with Crippen molar-refractivity contribution in [2.45, 2.75) is 58.6 Å². The number of hydrogen-bond donors (Lipinski definition) is 1. The van der Waals surface area contributed by atoms with Crippen LogP contribution in [0.2, 0.25) is 0 Å². The van der Waals surface area contributed by atoms with Gasteiger partial charge < -0.3 is 24.4 Å². The summed E-state index contributed by atoms with van der Waals surface area (Å²) in [6.45, 7) is 4.88. The number of carbonyl (C=O) groups excluding carboxylic acids is 2. The van der Waals surface area contributed by atoms with Crippen molar-refractivity contribution in [3.63, 3.8) is 0 Å². The van der Waals surface area contributed by atoms with E-state index in [-0.39, 0.29) is 11.5 Å². The number of aryl methyl sites for hydroxylation is 1. The third-order valence-corrected chi connectivity index (χ3v) is 5.10. The Bertz CT molecular complexity index is 961. The Balaban J connectivity index is 1.80. The van der Waals surface area contributed by atoms with Crippen LogP contribution in [0.3, 0.4) is 0 Å². The minimum atomic E-state index is -1.34. The van der Waals surface area contributed by atoms with Crippen LogP contribution in [-0.4, -0.2) is 24.0 Å². The lowest BCUT2D eigenvalue weighted by molar-refractivity contribution is -0.309. The number of carboxylic acids is 1. The molecule has 7 heteroatoms. The summed E-state index contributed by atoms with van der Waals surface area (Å²) in [4.78, 5) is 35.7. The summed E-state index contributed by atoms with van der Waals surface area (Å²) in [5.41, 5.74) is 1.88. The lowest BCUT2D eigenvalue weighted by atomic mass is 9.91. The molecule has 0 bridgehead atoms. The van der Waals surface area contributed by atoms with Gasteiger partial charge in [-0.2, -0.15) is 0 Å². The number of amides is 1. The van der Waals surface area contributed by atoms with Gasteiger partial charge in [-0.05, 0) is 56.2 Å². The fourth-order valence-corrected chi connectivity index (χ4v) is 3.53. The van der Waals surface area contributed by atoms with Crippen molar-refractivity contribution in [3.8, 4) is 5.75 Å². The summed E-state index contributed by atoms with van der Waals surface area (Å²) in [5, 5.41) is 14.5. The number of hydrogen-bond acceptors (Lipinski definition) is 6. The highest BCUT2D eigenvalue weighted by atomic mass is 16.5. The smallest absolute Gasteiger partial charge is 0.339 e. The van der Waals surface area contributed by atoms with E-state index in [0.717, 1.165) is 42.2 Å². The quantitative estimate of drug-likeness (QED) is 0.750. The Labute approximate surface area is 162 Å². The minimum Gasteiger partial charge on any atom is -0.548 e. The van der Waals surface area contributed by atoms with Crippen LogP contribution in [0.4, 0.5) is 0 Å². The number of aliphatic carboxylic acids is 1. The third kappa shape index (κ3) is 4.03. The standard InChI is InChI=1S/C21H25NO6/c1-11(2)18(20(24)25)22-19(23)12(3)27-13-8-9-15-14-6-4-5-7-16(14)21(26)28-17(15)10-13/h8-12,18H,4-7H2,1-3H3,(H,22,23)(H,24,25)/p-1/t12-,18+/m1/s1. The molecule has 1 aromatic heterocycles. The third-order valence-electron chi connectivity index (χ3n) is 5.10. The molecule has 7 nitrogen and oxygen atoms in total. The van der Waals surface area contributed by atoms with Gasteiger partial charge in [0.05, 0.1) is 12.0 Å². The van der Waals surface area contributed by atoms with Crippen LogP contribution < -0.4 is 20.8 Å². The molecule has 0 saturated carbocycles. The van der Waals surface area contributed by atoms with Crippen LogP contribution in [0.5, 0.6) is 5.75 Å². The van der Waals surface area contributed by atoms with Crippen LogP contribution in [0.25, 0.3) is 11.0 Å². The van der Waals surface area contributed by atoms with E-state index >= 15 is 0 Å². The van der Waals surface area contributed by atoms with E-state index < -0.39 is 24.0 Å². The average molecular weight is 386 g/mol. The largest absolute Gasteiger partial charge is 0.548 e. The predicted molar refractivity (Wildman–Crippen MR) is 101 cm³/mol. The van der Waals surface area contributed by atoms with E-state index in [2.05, 4.69) is 5.32 Å². The van der Waals surface area contributed by atoms with Crippen molar-refractivity contribution in [1.82, 2.24) is 5.32 Å². The van der Waals surface area contributed by atoms with Crippen LogP contribution in [0, 0.1) is 5.92 Å². The van der Waals surface area contributed by atoms with Crippen LogP contribution >= 0.6 is 0 Å². The molecule has 1 aromatic carbocycles. The van der Waals surface area contributed by atoms with Crippen molar-refractivity contribution in [2.75, 3.05) is 0 Å². The molecule has 1 amide bonds. The summed E-state index contributed by atoms with van der Waals surface area (Å²) in [7, 11) is 0. The monoisotopic (exact) mass is 386 g/mol. The fraction of sp³-hybridized carbons (Fsp3) is 0.476. The molecule has 0 unspecified atom stereocenters. The topological polar surface area (TPSA) is 109 Å². The zero-order valence-electron chi connectivity index (χ0n) is 16.2. The summed E-state index contributed by atoms with van der Waals surface area (Å²) in [5.74, 6) is -1.85. The van der Waals surface area contributed by atoms with Crippen molar-refractivity contribution in [1.29, 1.82) is 0 Å². The number of benzene rings is 1. The molecule has 0 saturated heterocycles. The maximum atomic E-state index is 12.3. The number of carboxylic acid groups (broad SMARTS) is 1. The zero-order chi connectivity index (χ0) is 20.4. The van der Waals surface area contributed by atoms with Gasteiger partial charge >= 0.3 is 5.63 Å². The number of carbonyl (C=O) groups is 2. The molecule has 0 fully saturated rings. The molecule has 0 aliphatic heterocycles. The van der Waals surface area contributed by atoms with Crippen molar-refractivity contribution in [3.05, 3.63) is 39.7 Å². The molecule has 28 heavy (non-hydrogen) atoms. The van der Waals surface area contributed by atoms with Gasteiger partial charge in [0.1, 0.15) is 11.3 Å². The van der Waals surface area contributed by atoms with E-state index in [9.17, 15) is 19.5 Å². The van der Waals surface area contributed by atoms with Gasteiger partial charge in [0, 0.05) is 17.0 Å². The van der Waals surface area contributed by atoms with E-state index in [1.54, 1.807) is 26.0 Å². The molecular formula is C21H24NO6-. The van der Waals surface area contributed by atoms with Crippen molar-refractivity contribution in [2.24, 2.45) is 5.92 Å². The van der Waals surface area contributed by atoms with E-state index in [1.165, 1.54) is 6.92 Å². The highest BCUT2D eigenvalue weighted by molar-refractivity contribution is 5.86. The highest BCUT2D eigenvalue weighted by Gasteiger charge is 2.23. The molecule has 0 radical (unpaired) electrons. The van der Waals surface area contributed by atoms with Gasteiger partial charge in [-0.1, -0.05) is 13.8 Å². The predicted octanol–water partition coefficient (Wildman–Crippen LogP) is 1.33. The number of nitrogens with one attached hydrogen (secondary N) is 1. The first kappa shape index (κ1) is 19.9. The van der Waals surface area contributed by atoms with E-state index in [0.29, 0.717) is 11.3 Å². The minimum absolute atomic E-state index is 0.317. The van der Waals surface area contributed by atoms with Gasteiger partial charge in [-0.3, -0.25) is 4.79 Å². The molecular weight excluding hydrogens is 362 g/mol. The summed E-state index contributed by atoms with van der Waals surface area (Å²) < 4.78 is 11.1. The van der Waals surface area contributed by atoms with Crippen molar-refractivity contribution < 1.29 is 23.8 Å². The number of fused-ring (bicyclic) bond motifs is 3. The Morgan fingerprint density at radius 1 is 1.14 bits per heavy atom. The number of ether oxygens (including phenoxy) is 1. The van der Waals surface area contributed by atoms with Crippen LogP contribution in [0.1, 0.15) is 44.7 Å². The summed E-state index contributed by atoms with van der Waals surface area (Å²) >= 11 is 0. The second-order valence-corrected chi connectivity index (χ2v) is 7.52. The molecule has 1 aliphatic carbocycles. The van der Waals surface area contributed by atoms with Crippen LogP contribution in [0.15, 0.2) is 27.4 Å². The second kappa shape index (κ2) is 8.04. The zero-order valence-corrected chi connectivity index (χ0v) is 16.2. The molecule has 2 aromatic rings. The van der Waals surface area contributed by atoms with E-state index in [1.807, 2.05) is 6.07 Å².